The Hall–Kier alpha value is -3.75. The zero-order chi connectivity index (χ0) is 25.1. The number of amides is 1. The van der Waals surface area contributed by atoms with Crippen LogP contribution in [0.5, 0.6) is 11.8 Å². The number of ether oxygens (including phenoxy) is 2. The van der Waals surface area contributed by atoms with Crippen LogP contribution in [-0.2, 0) is 0 Å². The summed E-state index contributed by atoms with van der Waals surface area (Å²) in [7, 11) is 0. The molecule has 1 aliphatic heterocycles. The molecule has 1 unspecified atom stereocenters. The Kier molecular flexibility index (Phi) is 6.97. The number of nitriles is 1. The average molecular weight is 494 g/mol. The maximum Gasteiger partial charge on any atom is 0.321 e. The van der Waals surface area contributed by atoms with E-state index in [0.717, 1.165) is 32.1 Å². The van der Waals surface area contributed by atoms with E-state index in [2.05, 4.69) is 36.3 Å². The maximum atomic E-state index is 12.9. The lowest BCUT2D eigenvalue weighted by molar-refractivity contribution is 0.0923. The van der Waals surface area contributed by atoms with Crippen LogP contribution in [0.15, 0.2) is 12.5 Å². The smallest absolute Gasteiger partial charge is 0.321 e. The van der Waals surface area contributed by atoms with Gasteiger partial charge in [0.05, 0.1) is 31.4 Å². The molecule has 0 radical (unpaired) electrons. The summed E-state index contributed by atoms with van der Waals surface area (Å²) in [6.45, 7) is 4.29. The van der Waals surface area contributed by atoms with Crippen molar-refractivity contribution in [1.82, 2.24) is 30.2 Å². The van der Waals surface area contributed by atoms with Gasteiger partial charge in [-0.25, -0.2) is 9.97 Å². The molecule has 12 heteroatoms. The second kappa shape index (κ2) is 10.5. The summed E-state index contributed by atoms with van der Waals surface area (Å²) < 4.78 is 11.6. The maximum absolute atomic E-state index is 12.9. The number of hydrogen-bond acceptors (Lipinski definition) is 11. The molecule has 190 valence electrons. The fraction of sp³-hybridized carbons (Fsp3) is 0.625. The fourth-order valence-corrected chi connectivity index (χ4v) is 4.36. The van der Waals surface area contributed by atoms with Crippen molar-refractivity contribution in [2.45, 2.75) is 45.1 Å². The Morgan fingerprint density at radius 1 is 1.22 bits per heavy atom. The third-order valence-corrected chi connectivity index (χ3v) is 7.09. The Morgan fingerprint density at radius 2 is 2.03 bits per heavy atom. The van der Waals surface area contributed by atoms with Crippen molar-refractivity contribution in [2.24, 2.45) is 23.7 Å². The van der Waals surface area contributed by atoms with Crippen molar-refractivity contribution in [3.8, 4) is 17.8 Å². The van der Waals surface area contributed by atoms with Crippen molar-refractivity contribution in [1.29, 1.82) is 5.26 Å². The largest absolute Gasteiger partial charge is 0.488 e. The lowest BCUT2D eigenvalue weighted by Gasteiger charge is -2.32. The van der Waals surface area contributed by atoms with Crippen LogP contribution in [0.3, 0.4) is 0 Å². The molecule has 2 saturated carbocycles. The van der Waals surface area contributed by atoms with Crippen LogP contribution < -0.4 is 25.4 Å². The van der Waals surface area contributed by atoms with Crippen LogP contribution in [0.4, 0.5) is 11.8 Å². The van der Waals surface area contributed by atoms with E-state index in [1.807, 2.05) is 11.8 Å². The van der Waals surface area contributed by atoms with Crippen LogP contribution in [-0.4, -0.2) is 63.2 Å². The van der Waals surface area contributed by atoms with Crippen LogP contribution >= 0.6 is 0 Å². The van der Waals surface area contributed by atoms with Crippen LogP contribution in [0, 0.1) is 35.0 Å². The van der Waals surface area contributed by atoms with Gasteiger partial charge in [0.2, 0.25) is 11.8 Å². The van der Waals surface area contributed by atoms with Crippen LogP contribution in [0.2, 0.25) is 0 Å². The number of carbonyl (C=O) groups is 1. The van der Waals surface area contributed by atoms with Gasteiger partial charge in [-0.3, -0.25) is 4.79 Å². The Bertz CT molecular complexity index is 1130. The van der Waals surface area contributed by atoms with E-state index in [9.17, 15) is 4.79 Å². The van der Waals surface area contributed by atoms with Gasteiger partial charge in [-0.15, -0.1) is 0 Å². The van der Waals surface area contributed by atoms with E-state index in [-0.39, 0.29) is 35.6 Å². The summed E-state index contributed by atoms with van der Waals surface area (Å²) in [5, 5.41) is 12.1. The molecule has 12 nitrogen and oxygen atoms in total. The standard InChI is InChI=1S/C24H31N9O3/c1-14(16-2-3-16)29-22(34)21-30-23(32-24(31-21)36-12-18-8-17(18)9-25)33-6-4-15(5-7-33)11-35-19-10-27-13-28-20(19)26/h10,13-18H,2-8,11-12H2,1H3,(H,29,34)(H2,26,27,28)/t14-,17?,18+/m0/s1. The Labute approximate surface area is 209 Å². The molecule has 3 atom stereocenters. The van der Waals surface area contributed by atoms with E-state index < -0.39 is 0 Å². The highest BCUT2D eigenvalue weighted by Gasteiger charge is 2.38. The van der Waals surface area contributed by atoms with E-state index in [0.29, 0.717) is 55.7 Å². The molecular weight excluding hydrogens is 462 g/mol. The van der Waals surface area contributed by atoms with E-state index in [1.165, 1.54) is 6.33 Å². The second-order valence-corrected chi connectivity index (χ2v) is 9.90. The molecule has 2 aliphatic carbocycles. The first-order chi connectivity index (χ1) is 17.5. The minimum atomic E-state index is -0.324. The topological polar surface area (TPSA) is 165 Å². The molecule has 3 heterocycles. The van der Waals surface area contributed by atoms with Gasteiger partial charge in [-0.1, -0.05) is 0 Å². The molecule has 36 heavy (non-hydrogen) atoms. The molecule has 2 aromatic heterocycles. The van der Waals surface area contributed by atoms with Crippen molar-refractivity contribution in [2.75, 3.05) is 36.9 Å². The van der Waals surface area contributed by atoms with Gasteiger partial charge in [0.15, 0.2) is 11.6 Å². The van der Waals surface area contributed by atoms with Gasteiger partial charge >= 0.3 is 6.01 Å². The first kappa shape index (κ1) is 24.0. The lowest BCUT2D eigenvalue weighted by atomic mass is 9.98. The minimum absolute atomic E-state index is 0.0208. The van der Waals surface area contributed by atoms with Gasteiger partial charge in [-0.2, -0.15) is 20.2 Å². The molecule has 2 aromatic rings. The summed E-state index contributed by atoms with van der Waals surface area (Å²) in [4.78, 5) is 36.1. The highest BCUT2D eigenvalue weighted by atomic mass is 16.5. The van der Waals surface area contributed by atoms with E-state index in [4.69, 9.17) is 20.5 Å². The number of nitrogens with two attached hydrogens (primary N) is 1. The van der Waals surface area contributed by atoms with Gasteiger partial charge in [0.25, 0.3) is 5.91 Å². The van der Waals surface area contributed by atoms with Crippen molar-refractivity contribution < 1.29 is 14.3 Å². The predicted octanol–water partition coefficient (Wildman–Crippen LogP) is 1.61. The molecular formula is C24H31N9O3. The molecule has 3 aliphatic rings. The second-order valence-electron chi connectivity index (χ2n) is 9.90. The molecule has 3 fully saturated rings. The molecule has 0 bridgehead atoms. The Balaban J connectivity index is 1.23. The summed E-state index contributed by atoms with van der Waals surface area (Å²) >= 11 is 0. The van der Waals surface area contributed by atoms with Crippen LogP contribution in [0.1, 0.15) is 49.6 Å². The first-order valence-corrected chi connectivity index (χ1v) is 12.5. The summed E-state index contributed by atoms with van der Waals surface area (Å²) in [6.07, 6.45) is 7.76. The molecule has 0 spiro atoms. The number of aromatic nitrogens is 5. The van der Waals surface area contributed by atoms with Gasteiger partial charge in [0.1, 0.15) is 6.33 Å². The highest BCUT2D eigenvalue weighted by molar-refractivity contribution is 5.91. The third-order valence-electron chi connectivity index (χ3n) is 7.09. The summed E-state index contributed by atoms with van der Waals surface area (Å²) in [5.41, 5.74) is 5.83. The third kappa shape index (κ3) is 5.90. The highest BCUT2D eigenvalue weighted by Crippen LogP contribution is 2.37. The zero-order valence-corrected chi connectivity index (χ0v) is 20.3. The van der Waals surface area contributed by atoms with E-state index in [1.54, 1.807) is 6.20 Å². The quantitative estimate of drug-likeness (QED) is 0.494. The van der Waals surface area contributed by atoms with E-state index >= 15 is 0 Å². The van der Waals surface area contributed by atoms with Crippen LogP contribution in [0.25, 0.3) is 0 Å². The SMILES string of the molecule is C[C@H](NC(=O)c1nc(OC[C@H]2CC2C#N)nc(N2CCC(COc3cncnc3N)CC2)n1)C1CC1. The minimum Gasteiger partial charge on any atom is -0.488 e. The number of carbonyl (C=O) groups excluding carboxylic acids is 1. The summed E-state index contributed by atoms with van der Waals surface area (Å²) in [6, 6.07) is 2.45. The van der Waals surface area contributed by atoms with Crippen molar-refractivity contribution in [3.05, 3.63) is 18.3 Å². The van der Waals surface area contributed by atoms with Gasteiger partial charge < -0.3 is 25.4 Å². The monoisotopic (exact) mass is 493 g/mol. The number of nitrogens with one attached hydrogen (secondary N) is 1. The number of nitrogen functional groups attached to an aromatic ring is 1. The first-order valence-electron chi connectivity index (χ1n) is 12.5. The molecule has 5 rings (SSSR count). The predicted molar refractivity (Wildman–Crippen MR) is 129 cm³/mol. The number of nitrogens with zero attached hydrogens (tertiary/aromatic N) is 7. The number of piperidine rings is 1. The number of anilines is 2. The van der Waals surface area contributed by atoms with Gasteiger partial charge in [0, 0.05) is 25.0 Å². The molecule has 1 amide bonds. The molecule has 0 aromatic carbocycles. The average Bonchev–Trinajstić information content (AvgIpc) is 3.82. The lowest BCUT2D eigenvalue weighted by Crippen LogP contribution is -2.38. The molecule has 3 N–H and O–H groups in total. The number of rotatable bonds is 10. The normalized spacial score (nSPS) is 22.4. The van der Waals surface area contributed by atoms with Crippen molar-refractivity contribution in [3.63, 3.8) is 0 Å². The summed E-state index contributed by atoms with van der Waals surface area (Å²) in [5.74, 6) is 2.03. The zero-order valence-electron chi connectivity index (χ0n) is 20.3. The fourth-order valence-electron chi connectivity index (χ4n) is 4.36. The van der Waals surface area contributed by atoms with Gasteiger partial charge in [-0.05, 0) is 50.9 Å². The Morgan fingerprint density at radius 3 is 2.72 bits per heavy atom. The number of hydrogen-bond donors (Lipinski definition) is 2. The van der Waals surface area contributed by atoms with Crippen molar-refractivity contribution >= 4 is 17.7 Å². The molecule has 1 saturated heterocycles.